The minimum Gasteiger partial charge on any atom is -0.314 e. The molecule has 2 aromatic carbocycles. The Morgan fingerprint density at radius 1 is 1.10 bits per heavy atom. The van der Waals surface area contributed by atoms with Crippen LogP contribution >= 0.6 is 27.5 Å². The molecule has 0 aliphatic carbocycles. The highest BCUT2D eigenvalue weighted by molar-refractivity contribution is 9.10. The van der Waals surface area contributed by atoms with Gasteiger partial charge in [-0.1, -0.05) is 52.7 Å². The van der Waals surface area contributed by atoms with Crippen LogP contribution in [0.15, 0.2) is 46.9 Å². The Hall–Kier alpha value is -0.900. The van der Waals surface area contributed by atoms with E-state index < -0.39 is 0 Å². The lowest BCUT2D eigenvalue weighted by Crippen LogP contribution is -2.33. The van der Waals surface area contributed by atoms with E-state index in [1.807, 2.05) is 18.2 Å². The summed E-state index contributed by atoms with van der Waals surface area (Å²) in [5.41, 5.74) is 2.22. The summed E-state index contributed by atoms with van der Waals surface area (Å²) >= 11 is 9.17. The van der Waals surface area contributed by atoms with Crippen molar-refractivity contribution in [2.45, 2.75) is 25.8 Å². The predicted octanol–water partition coefficient (Wildman–Crippen LogP) is 5.00. The molecule has 4 heteroatoms. The third kappa shape index (κ3) is 5.10. The first-order valence-corrected chi connectivity index (χ1v) is 8.17. The van der Waals surface area contributed by atoms with Gasteiger partial charge in [-0.15, -0.1) is 0 Å². The summed E-state index contributed by atoms with van der Waals surface area (Å²) in [5, 5.41) is 3.63. The predicted molar refractivity (Wildman–Crippen MR) is 90.4 cm³/mol. The molecule has 2 rings (SSSR count). The smallest absolute Gasteiger partial charge is 0.142 e. The van der Waals surface area contributed by atoms with Gasteiger partial charge in [0.15, 0.2) is 0 Å². The van der Waals surface area contributed by atoms with E-state index in [1.165, 1.54) is 11.6 Å². The zero-order chi connectivity index (χ0) is 15.2. The summed E-state index contributed by atoms with van der Waals surface area (Å²) in [4.78, 5) is 0. The van der Waals surface area contributed by atoms with E-state index in [2.05, 4.69) is 40.3 Å². The van der Waals surface area contributed by atoms with Gasteiger partial charge in [0.2, 0.25) is 0 Å². The Morgan fingerprint density at radius 2 is 1.71 bits per heavy atom. The van der Waals surface area contributed by atoms with Gasteiger partial charge in [0.05, 0.1) is 5.02 Å². The van der Waals surface area contributed by atoms with Crippen molar-refractivity contribution in [3.8, 4) is 0 Å². The van der Waals surface area contributed by atoms with Crippen molar-refractivity contribution in [1.29, 1.82) is 0 Å². The molecule has 1 unspecified atom stereocenters. The van der Waals surface area contributed by atoms with Crippen LogP contribution in [-0.4, -0.2) is 12.6 Å². The number of hydrogen-bond acceptors (Lipinski definition) is 1. The Balaban J connectivity index is 2.07. The van der Waals surface area contributed by atoms with Crippen molar-refractivity contribution in [3.05, 3.63) is 68.9 Å². The lowest BCUT2D eigenvalue weighted by Gasteiger charge is -2.18. The normalized spacial score (nSPS) is 12.4. The average molecular weight is 371 g/mol. The molecule has 0 aliphatic heterocycles. The molecule has 0 spiro atoms. The average Bonchev–Trinajstić information content (AvgIpc) is 2.46. The summed E-state index contributed by atoms with van der Waals surface area (Å²) in [7, 11) is 0. The number of likely N-dealkylation sites (N-methyl/N-ethyl adjacent to an activating group) is 1. The topological polar surface area (TPSA) is 12.0 Å². The van der Waals surface area contributed by atoms with Crippen molar-refractivity contribution in [2.75, 3.05) is 6.54 Å². The summed E-state index contributed by atoms with van der Waals surface area (Å²) in [6.45, 7) is 2.97. The van der Waals surface area contributed by atoms with E-state index in [9.17, 15) is 4.39 Å². The molecule has 0 fully saturated rings. The van der Waals surface area contributed by atoms with E-state index in [4.69, 9.17) is 11.6 Å². The van der Waals surface area contributed by atoms with Gasteiger partial charge in [0.1, 0.15) is 5.82 Å². The molecule has 112 valence electrons. The lowest BCUT2D eigenvalue weighted by atomic mass is 9.99. The van der Waals surface area contributed by atoms with Crippen LogP contribution in [0.2, 0.25) is 5.02 Å². The molecule has 0 amide bonds. The first-order chi connectivity index (χ1) is 10.1. The van der Waals surface area contributed by atoms with E-state index in [1.54, 1.807) is 6.07 Å². The van der Waals surface area contributed by atoms with Gasteiger partial charge in [0.25, 0.3) is 0 Å². The quantitative estimate of drug-likeness (QED) is 0.754. The van der Waals surface area contributed by atoms with Crippen molar-refractivity contribution in [3.63, 3.8) is 0 Å². The third-order valence-corrected chi connectivity index (χ3v) is 4.19. The fourth-order valence-corrected chi connectivity index (χ4v) is 2.74. The minimum absolute atomic E-state index is 0.173. The van der Waals surface area contributed by atoms with Crippen LogP contribution in [0.25, 0.3) is 0 Å². The summed E-state index contributed by atoms with van der Waals surface area (Å²) in [6, 6.07) is 13.6. The van der Waals surface area contributed by atoms with Crippen LogP contribution in [-0.2, 0) is 12.8 Å². The van der Waals surface area contributed by atoms with Crippen molar-refractivity contribution >= 4 is 27.5 Å². The van der Waals surface area contributed by atoms with E-state index in [0.717, 1.165) is 29.4 Å². The Kier molecular flexibility index (Phi) is 6.22. The molecule has 0 saturated carbocycles. The molecule has 1 nitrogen and oxygen atoms in total. The Morgan fingerprint density at radius 3 is 2.33 bits per heavy atom. The molecule has 0 aromatic heterocycles. The second-order valence-corrected chi connectivity index (χ2v) is 6.36. The zero-order valence-corrected chi connectivity index (χ0v) is 14.2. The third-order valence-electron chi connectivity index (χ3n) is 3.35. The maximum atomic E-state index is 13.5. The standard InChI is InChI=1S/C17H18BrClFN/c1-2-21-15(9-12-3-6-14(18)7-4-12)10-13-5-8-16(19)17(20)11-13/h3-8,11,15,21H,2,9-10H2,1H3. The van der Waals surface area contributed by atoms with Crippen LogP contribution in [0.3, 0.4) is 0 Å². The van der Waals surface area contributed by atoms with E-state index in [-0.39, 0.29) is 16.9 Å². The van der Waals surface area contributed by atoms with Crippen LogP contribution in [0.5, 0.6) is 0 Å². The van der Waals surface area contributed by atoms with Gasteiger partial charge >= 0.3 is 0 Å². The highest BCUT2D eigenvalue weighted by atomic mass is 79.9. The first kappa shape index (κ1) is 16.5. The Labute approximate surface area is 138 Å². The second kappa shape index (κ2) is 7.92. The molecule has 0 bridgehead atoms. The maximum Gasteiger partial charge on any atom is 0.142 e. The first-order valence-electron chi connectivity index (χ1n) is 7.00. The molecule has 0 aliphatic rings. The fraction of sp³-hybridized carbons (Fsp3) is 0.294. The number of nitrogens with one attached hydrogen (secondary N) is 1. The van der Waals surface area contributed by atoms with E-state index >= 15 is 0 Å². The van der Waals surface area contributed by atoms with Gasteiger partial charge in [0, 0.05) is 10.5 Å². The minimum atomic E-state index is -0.354. The zero-order valence-electron chi connectivity index (χ0n) is 11.9. The van der Waals surface area contributed by atoms with E-state index in [0.29, 0.717) is 0 Å². The fourth-order valence-electron chi connectivity index (χ4n) is 2.36. The molecular formula is C17H18BrClFN. The van der Waals surface area contributed by atoms with Crippen LogP contribution in [0, 0.1) is 5.82 Å². The molecule has 0 heterocycles. The number of halogens is 3. The van der Waals surface area contributed by atoms with Crippen LogP contribution in [0.1, 0.15) is 18.1 Å². The van der Waals surface area contributed by atoms with Crippen molar-refractivity contribution in [2.24, 2.45) is 0 Å². The molecule has 1 atom stereocenters. The maximum absolute atomic E-state index is 13.5. The van der Waals surface area contributed by atoms with Gasteiger partial charge in [-0.3, -0.25) is 0 Å². The van der Waals surface area contributed by atoms with Crippen LogP contribution in [0.4, 0.5) is 4.39 Å². The molecule has 1 N–H and O–H groups in total. The second-order valence-electron chi connectivity index (χ2n) is 5.04. The van der Waals surface area contributed by atoms with Crippen LogP contribution < -0.4 is 5.32 Å². The molecule has 0 radical (unpaired) electrons. The monoisotopic (exact) mass is 369 g/mol. The van der Waals surface area contributed by atoms with Gasteiger partial charge in [-0.2, -0.15) is 0 Å². The Bertz CT molecular complexity index is 586. The highest BCUT2D eigenvalue weighted by Crippen LogP contribution is 2.18. The highest BCUT2D eigenvalue weighted by Gasteiger charge is 2.11. The molecular weight excluding hydrogens is 353 g/mol. The molecule has 0 saturated heterocycles. The number of benzene rings is 2. The molecule has 21 heavy (non-hydrogen) atoms. The lowest BCUT2D eigenvalue weighted by molar-refractivity contribution is 0.519. The molecule has 2 aromatic rings. The summed E-state index contributed by atoms with van der Waals surface area (Å²) in [6.07, 6.45) is 1.68. The number of rotatable bonds is 6. The largest absolute Gasteiger partial charge is 0.314 e. The van der Waals surface area contributed by atoms with Gasteiger partial charge in [-0.05, 0) is 54.8 Å². The van der Waals surface area contributed by atoms with Crippen molar-refractivity contribution in [1.82, 2.24) is 5.32 Å². The van der Waals surface area contributed by atoms with Gasteiger partial charge in [-0.25, -0.2) is 4.39 Å². The van der Waals surface area contributed by atoms with Crippen molar-refractivity contribution < 1.29 is 4.39 Å². The van der Waals surface area contributed by atoms with Gasteiger partial charge < -0.3 is 5.32 Å². The summed E-state index contributed by atoms with van der Waals surface area (Å²) < 4.78 is 14.6. The number of hydrogen-bond donors (Lipinski definition) is 1. The summed E-state index contributed by atoms with van der Waals surface area (Å²) in [5.74, 6) is -0.354. The SMILES string of the molecule is CCNC(Cc1ccc(Br)cc1)Cc1ccc(Cl)c(F)c1.